The van der Waals surface area contributed by atoms with Gasteiger partial charge in [-0.25, -0.2) is 4.39 Å². The molecule has 4 heteroatoms. The second kappa shape index (κ2) is 5.40. The molecule has 0 radical (unpaired) electrons. The zero-order valence-electron chi connectivity index (χ0n) is 12.2. The number of nitriles is 1. The van der Waals surface area contributed by atoms with Crippen LogP contribution in [0, 0.1) is 20.7 Å². The van der Waals surface area contributed by atoms with Gasteiger partial charge in [0.25, 0.3) is 0 Å². The molecule has 1 aliphatic heterocycles. The largest absolute Gasteiger partial charge is 0.482 e. The minimum absolute atomic E-state index is 0.294. The number of fused-ring (bicyclic) bond motifs is 1. The molecule has 110 valence electrons. The Hall–Kier alpha value is -1.87. The van der Waals surface area contributed by atoms with Crippen molar-refractivity contribution in [3.8, 4) is 11.8 Å². The van der Waals surface area contributed by atoms with E-state index in [1.807, 2.05) is 32.0 Å². The first-order chi connectivity index (χ1) is 10.4. The van der Waals surface area contributed by atoms with E-state index in [1.54, 1.807) is 12.1 Å². The summed E-state index contributed by atoms with van der Waals surface area (Å²) < 4.78 is 20.3. The van der Waals surface area contributed by atoms with Crippen molar-refractivity contribution in [2.75, 3.05) is 0 Å². The molecule has 2 aromatic carbocycles. The Bertz CT molecular complexity index is 816. The van der Waals surface area contributed by atoms with Gasteiger partial charge in [0.15, 0.2) is 0 Å². The van der Waals surface area contributed by atoms with Crippen LogP contribution in [0.25, 0.3) is 5.57 Å². The van der Waals surface area contributed by atoms with Crippen LogP contribution in [-0.4, -0.2) is 5.60 Å². The van der Waals surface area contributed by atoms with Gasteiger partial charge in [-0.2, -0.15) is 5.26 Å². The molecule has 22 heavy (non-hydrogen) atoms. The molecule has 1 aliphatic rings. The maximum absolute atomic E-state index is 13.2. The zero-order chi connectivity index (χ0) is 15.9. The topological polar surface area (TPSA) is 33.0 Å². The van der Waals surface area contributed by atoms with E-state index in [1.165, 1.54) is 12.1 Å². The molecule has 2 nitrogen and oxygen atoms in total. The summed E-state index contributed by atoms with van der Waals surface area (Å²) in [5, 5.41) is 9.63. The molecule has 2 aromatic rings. The molecule has 0 bridgehead atoms. The zero-order valence-corrected chi connectivity index (χ0v) is 14.3. The van der Waals surface area contributed by atoms with E-state index in [2.05, 4.69) is 28.7 Å². The first kappa shape index (κ1) is 15.0. The van der Waals surface area contributed by atoms with Crippen LogP contribution in [0.1, 0.15) is 25.0 Å². The second-order valence-electron chi connectivity index (χ2n) is 5.62. The van der Waals surface area contributed by atoms with Crippen molar-refractivity contribution < 1.29 is 9.13 Å². The van der Waals surface area contributed by atoms with Gasteiger partial charge in [-0.05, 0) is 72.3 Å². The Morgan fingerprint density at radius 1 is 1.14 bits per heavy atom. The summed E-state index contributed by atoms with van der Waals surface area (Å²) in [7, 11) is 0. The molecule has 1 heterocycles. The highest BCUT2D eigenvalue weighted by molar-refractivity contribution is 14.1. The number of hydrogen-bond acceptors (Lipinski definition) is 2. The SMILES string of the molecule is CC1(C)Oc2cc(I)ccc2C(c2ccc(F)cc2)=C1C#N. The third kappa shape index (κ3) is 2.50. The quantitative estimate of drug-likeness (QED) is 0.631. The summed E-state index contributed by atoms with van der Waals surface area (Å²) in [6, 6.07) is 14.4. The molecule has 3 rings (SSSR count). The van der Waals surface area contributed by atoms with Crippen molar-refractivity contribution in [1.82, 2.24) is 0 Å². The molecular formula is C18H13FINO. The summed E-state index contributed by atoms with van der Waals surface area (Å²) in [5.41, 5.74) is 2.31. The lowest BCUT2D eigenvalue weighted by Gasteiger charge is -2.34. The van der Waals surface area contributed by atoms with Crippen LogP contribution < -0.4 is 4.74 Å². The van der Waals surface area contributed by atoms with Gasteiger partial charge in [0.1, 0.15) is 17.2 Å². The highest BCUT2D eigenvalue weighted by atomic mass is 127. The maximum Gasteiger partial charge on any atom is 0.139 e. The van der Waals surface area contributed by atoms with Gasteiger partial charge in [-0.3, -0.25) is 0 Å². The molecule has 0 spiro atoms. The van der Waals surface area contributed by atoms with Gasteiger partial charge in [-0.15, -0.1) is 0 Å². The lowest BCUT2D eigenvalue weighted by Crippen LogP contribution is -2.34. The molecule has 0 fully saturated rings. The minimum Gasteiger partial charge on any atom is -0.482 e. The van der Waals surface area contributed by atoms with Gasteiger partial charge in [-0.1, -0.05) is 12.1 Å². The highest BCUT2D eigenvalue weighted by Crippen LogP contribution is 2.44. The summed E-state index contributed by atoms with van der Waals surface area (Å²) in [5.74, 6) is 0.451. The predicted molar refractivity (Wildman–Crippen MR) is 91.9 cm³/mol. The molecule has 0 N–H and O–H groups in total. The fourth-order valence-corrected chi connectivity index (χ4v) is 3.12. The van der Waals surface area contributed by atoms with Crippen molar-refractivity contribution in [2.24, 2.45) is 0 Å². The monoisotopic (exact) mass is 405 g/mol. The summed E-state index contributed by atoms with van der Waals surface area (Å²) >= 11 is 2.23. The van der Waals surface area contributed by atoms with Crippen LogP contribution in [0.2, 0.25) is 0 Å². The lowest BCUT2D eigenvalue weighted by atomic mass is 9.83. The van der Waals surface area contributed by atoms with Crippen molar-refractivity contribution in [1.29, 1.82) is 5.26 Å². The van der Waals surface area contributed by atoms with E-state index < -0.39 is 5.60 Å². The predicted octanol–water partition coefficient (Wildman–Crippen LogP) is 4.93. The van der Waals surface area contributed by atoms with E-state index in [9.17, 15) is 9.65 Å². The Morgan fingerprint density at radius 3 is 2.45 bits per heavy atom. The third-order valence-corrected chi connectivity index (χ3v) is 4.35. The Morgan fingerprint density at radius 2 is 1.82 bits per heavy atom. The first-order valence-corrected chi connectivity index (χ1v) is 7.90. The number of nitrogens with zero attached hydrogens (tertiary/aromatic N) is 1. The molecule has 0 saturated heterocycles. The van der Waals surface area contributed by atoms with Crippen molar-refractivity contribution in [3.05, 3.63) is 68.6 Å². The summed E-state index contributed by atoms with van der Waals surface area (Å²) in [6.07, 6.45) is 0. The molecule has 0 unspecified atom stereocenters. The average Bonchev–Trinajstić information content (AvgIpc) is 2.45. The van der Waals surface area contributed by atoms with E-state index in [0.717, 1.165) is 26.0 Å². The Kier molecular flexibility index (Phi) is 3.69. The Labute approximate surface area is 142 Å². The van der Waals surface area contributed by atoms with Crippen molar-refractivity contribution in [3.63, 3.8) is 0 Å². The van der Waals surface area contributed by atoms with Crippen molar-refractivity contribution in [2.45, 2.75) is 19.4 Å². The number of ether oxygens (including phenoxy) is 1. The number of hydrogen-bond donors (Lipinski definition) is 0. The molecule has 0 saturated carbocycles. The third-order valence-electron chi connectivity index (χ3n) is 3.67. The van der Waals surface area contributed by atoms with Gasteiger partial charge < -0.3 is 4.74 Å². The van der Waals surface area contributed by atoms with Gasteiger partial charge in [0.2, 0.25) is 0 Å². The minimum atomic E-state index is -0.726. The van der Waals surface area contributed by atoms with Crippen LogP contribution in [0.5, 0.6) is 5.75 Å². The van der Waals surface area contributed by atoms with Crippen molar-refractivity contribution >= 4 is 28.2 Å². The average molecular weight is 405 g/mol. The molecular weight excluding hydrogens is 392 g/mol. The van der Waals surface area contributed by atoms with Crippen LogP contribution in [-0.2, 0) is 0 Å². The number of benzene rings is 2. The summed E-state index contributed by atoms with van der Waals surface area (Å²) in [4.78, 5) is 0. The molecule has 0 aromatic heterocycles. The molecule has 0 aliphatic carbocycles. The van der Waals surface area contributed by atoms with Gasteiger partial charge in [0.05, 0.1) is 11.6 Å². The van der Waals surface area contributed by atoms with E-state index in [4.69, 9.17) is 4.74 Å². The smallest absolute Gasteiger partial charge is 0.139 e. The second-order valence-corrected chi connectivity index (χ2v) is 6.87. The summed E-state index contributed by atoms with van der Waals surface area (Å²) in [6.45, 7) is 3.75. The van der Waals surface area contributed by atoms with Crippen LogP contribution in [0.3, 0.4) is 0 Å². The lowest BCUT2D eigenvalue weighted by molar-refractivity contribution is 0.149. The normalized spacial score (nSPS) is 15.8. The molecule has 0 amide bonds. The van der Waals surface area contributed by atoms with Gasteiger partial charge >= 0.3 is 0 Å². The van der Waals surface area contributed by atoms with E-state index in [0.29, 0.717) is 5.57 Å². The van der Waals surface area contributed by atoms with Crippen LogP contribution in [0.15, 0.2) is 48.0 Å². The molecule has 0 atom stereocenters. The van der Waals surface area contributed by atoms with Crippen LogP contribution in [0.4, 0.5) is 4.39 Å². The standard InChI is InChI=1S/C18H13FINO/c1-18(2)15(10-21)17(11-3-5-12(19)6-4-11)14-8-7-13(20)9-16(14)22-18/h3-9H,1-2H3. The van der Waals surface area contributed by atoms with Crippen LogP contribution >= 0.6 is 22.6 Å². The van der Waals surface area contributed by atoms with E-state index >= 15 is 0 Å². The fourth-order valence-electron chi connectivity index (χ4n) is 2.66. The van der Waals surface area contributed by atoms with Gasteiger partial charge in [0, 0.05) is 14.7 Å². The van der Waals surface area contributed by atoms with E-state index in [-0.39, 0.29) is 5.82 Å². The first-order valence-electron chi connectivity index (χ1n) is 6.82. The fraction of sp³-hybridized carbons (Fsp3) is 0.167. The number of halogens is 2. The number of rotatable bonds is 1. The maximum atomic E-state index is 13.2. The highest BCUT2D eigenvalue weighted by Gasteiger charge is 2.35. The Balaban J connectivity index is 2.33.